The van der Waals surface area contributed by atoms with E-state index in [1.54, 1.807) is 0 Å². The van der Waals surface area contributed by atoms with Gasteiger partial charge >= 0.3 is 0 Å². The zero-order chi connectivity index (χ0) is 9.35. The minimum Gasteiger partial charge on any atom is -0.328 e. The molecule has 0 spiro atoms. The molecule has 72 valence electrons. The molecule has 0 heterocycles. The van der Waals surface area contributed by atoms with E-state index in [9.17, 15) is 0 Å². The Hall–Kier alpha value is -0.0800. The lowest BCUT2D eigenvalue weighted by Crippen LogP contribution is -2.52. The van der Waals surface area contributed by atoms with Crippen LogP contribution in [0.3, 0.4) is 0 Å². The summed E-state index contributed by atoms with van der Waals surface area (Å²) in [6, 6.07) is 1.09. The van der Waals surface area contributed by atoms with Crippen molar-refractivity contribution in [3.05, 3.63) is 0 Å². The van der Waals surface area contributed by atoms with Gasteiger partial charge in [0.25, 0.3) is 0 Å². The van der Waals surface area contributed by atoms with E-state index < -0.39 is 0 Å². The van der Waals surface area contributed by atoms with E-state index in [2.05, 4.69) is 33.1 Å². The van der Waals surface area contributed by atoms with Gasteiger partial charge in [-0.25, -0.2) is 0 Å². The lowest BCUT2D eigenvalue weighted by molar-refractivity contribution is 0.120. The van der Waals surface area contributed by atoms with Crippen molar-refractivity contribution in [2.75, 3.05) is 7.05 Å². The molecule has 0 aromatic carbocycles. The molecule has 2 nitrogen and oxygen atoms in total. The molecule has 0 radical (unpaired) electrons. The third-order valence-corrected chi connectivity index (χ3v) is 2.93. The fraction of sp³-hybridized carbons (Fsp3) is 1.00. The van der Waals surface area contributed by atoms with Crippen molar-refractivity contribution in [3.63, 3.8) is 0 Å². The summed E-state index contributed by atoms with van der Waals surface area (Å²) in [4.78, 5) is 0. The van der Waals surface area contributed by atoms with Crippen LogP contribution in [0, 0.1) is 11.3 Å². The van der Waals surface area contributed by atoms with Crippen LogP contribution in [0.5, 0.6) is 0 Å². The van der Waals surface area contributed by atoms with Crippen molar-refractivity contribution in [2.45, 2.75) is 45.7 Å². The van der Waals surface area contributed by atoms with Crippen LogP contribution in [0.2, 0.25) is 0 Å². The second kappa shape index (κ2) is 3.35. The van der Waals surface area contributed by atoms with Gasteiger partial charge in [-0.2, -0.15) is 0 Å². The molecule has 0 aromatic rings. The Balaban J connectivity index is 2.47. The van der Waals surface area contributed by atoms with E-state index >= 15 is 0 Å². The topological polar surface area (TPSA) is 38.0 Å². The van der Waals surface area contributed by atoms with Crippen LogP contribution in [0.15, 0.2) is 0 Å². The summed E-state index contributed by atoms with van der Waals surface area (Å²) < 4.78 is 0. The van der Waals surface area contributed by atoms with Crippen molar-refractivity contribution < 1.29 is 0 Å². The van der Waals surface area contributed by atoms with Crippen LogP contribution in [-0.2, 0) is 0 Å². The molecule has 0 aliphatic heterocycles. The van der Waals surface area contributed by atoms with E-state index in [0.717, 1.165) is 5.92 Å². The van der Waals surface area contributed by atoms with Crippen LogP contribution in [-0.4, -0.2) is 19.1 Å². The smallest absolute Gasteiger partial charge is 0.0142 e. The normalized spacial score (nSPS) is 32.8. The van der Waals surface area contributed by atoms with E-state index in [-0.39, 0.29) is 0 Å². The van der Waals surface area contributed by atoms with Crippen molar-refractivity contribution in [2.24, 2.45) is 17.1 Å². The van der Waals surface area contributed by atoms with E-state index in [1.807, 2.05) is 0 Å². The van der Waals surface area contributed by atoms with Gasteiger partial charge in [0, 0.05) is 12.1 Å². The maximum atomic E-state index is 5.78. The molecule has 2 heteroatoms. The lowest BCUT2D eigenvalue weighted by Gasteiger charge is -2.44. The summed E-state index contributed by atoms with van der Waals surface area (Å²) in [5.74, 6) is 0.796. The Morgan fingerprint density at radius 3 is 2.08 bits per heavy atom. The predicted octanol–water partition coefficient (Wildman–Crippen LogP) is 1.36. The first-order valence-corrected chi connectivity index (χ1v) is 4.88. The molecule has 1 aliphatic carbocycles. The summed E-state index contributed by atoms with van der Waals surface area (Å²) in [6.07, 6.45) is 2.39. The highest BCUT2D eigenvalue weighted by Crippen LogP contribution is 2.36. The Morgan fingerprint density at radius 2 is 1.83 bits per heavy atom. The standard InChI is InChI=1S/C10H22N2/c1-10(2,3)9(12-4)7-5-8(11)6-7/h7-9,12H,5-6,11H2,1-4H3. The SMILES string of the molecule is CNC(C1CC(N)C1)C(C)(C)C. The number of hydrogen-bond acceptors (Lipinski definition) is 2. The van der Waals surface area contributed by atoms with Gasteiger partial charge in [0.15, 0.2) is 0 Å². The molecule has 1 aliphatic rings. The van der Waals surface area contributed by atoms with Crippen molar-refractivity contribution >= 4 is 0 Å². The Kier molecular flexibility index (Phi) is 2.79. The maximum absolute atomic E-state index is 5.78. The summed E-state index contributed by atoms with van der Waals surface area (Å²) in [7, 11) is 2.06. The third kappa shape index (κ3) is 1.99. The molecule has 1 atom stereocenters. The molecule has 1 saturated carbocycles. The van der Waals surface area contributed by atoms with Gasteiger partial charge in [0.2, 0.25) is 0 Å². The second-order valence-electron chi connectivity index (χ2n) is 5.12. The third-order valence-electron chi connectivity index (χ3n) is 2.93. The lowest BCUT2D eigenvalue weighted by atomic mass is 9.68. The second-order valence-corrected chi connectivity index (χ2v) is 5.12. The van der Waals surface area contributed by atoms with Crippen LogP contribution < -0.4 is 11.1 Å². The molecule has 3 N–H and O–H groups in total. The van der Waals surface area contributed by atoms with E-state index in [4.69, 9.17) is 5.73 Å². The largest absolute Gasteiger partial charge is 0.328 e. The molecular weight excluding hydrogens is 148 g/mol. The molecule has 1 unspecified atom stereocenters. The minimum absolute atomic E-state index is 0.361. The van der Waals surface area contributed by atoms with Gasteiger partial charge in [-0.05, 0) is 31.2 Å². The summed E-state index contributed by atoms with van der Waals surface area (Å²) in [5.41, 5.74) is 6.14. The molecule has 12 heavy (non-hydrogen) atoms. The first-order valence-electron chi connectivity index (χ1n) is 4.88. The number of nitrogens with two attached hydrogens (primary N) is 1. The Labute approximate surface area is 75.9 Å². The minimum atomic E-state index is 0.361. The average molecular weight is 170 g/mol. The van der Waals surface area contributed by atoms with Crippen molar-refractivity contribution in [3.8, 4) is 0 Å². The zero-order valence-electron chi connectivity index (χ0n) is 8.72. The van der Waals surface area contributed by atoms with Crippen molar-refractivity contribution in [1.29, 1.82) is 0 Å². The van der Waals surface area contributed by atoms with Gasteiger partial charge in [0.05, 0.1) is 0 Å². The Bertz CT molecular complexity index is 142. The van der Waals surface area contributed by atoms with Gasteiger partial charge in [0.1, 0.15) is 0 Å². The van der Waals surface area contributed by atoms with Gasteiger partial charge < -0.3 is 11.1 Å². The number of nitrogens with one attached hydrogen (secondary N) is 1. The zero-order valence-corrected chi connectivity index (χ0v) is 8.72. The molecule has 0 saturated heterocycles. The molecule has 1 fully saturated rings. The highest BCUT2D eigenvalue weighted by molar-refractivity contribution is 4.94. The highest BCUT2D eigenvalue weighted by atomic mass is 14.9. The summed E-state index contributed by atoms with van der Waals surface area (Å²) >= 11 is 0. The molecule has 0 amide bonds. The quantitative estimate of drug-likeness (QED) is 0.656. The van der Waals surface area contributed by atoms with Crippen LogP contribution in [0.1, 0.15) is 33.6 Å². The van der Waals surface area contributed by atoms with E-state index in [1.165, 1.54) is 12.8 Å². The molecule has 0 bridgehead atoms. The fourth-order valence-electron chi connectivity index (χ4n) is 2.36. The predicted molar refractivity (Wildman–Crippen MR) is 53.0 cm³/mol. The first kappa shape index (κ1) is 10.0. The van der Waals surface area contributed by atoms with E-state index in [0.29, 0.717) is 17.5 Å². The molecule has 1 rings (SSSR count). The van der Waals surface area contributed by atoms with Crippen LogP contribution in [0.25, 0.3) is 0 Å². The monoisotopic (exact) mass is 170 g/mol. The summed E-state index contributed by atoms with van der Waals surface area (Å²) in [6.45, 7) is 6.87. The maximum Gasteiger partial charge on any atom is 0.0142 e. The first-order chi connectivity index (χ1) is 5.45. The highest BCUT2D eigenvalue weighted by Gasteiger charge is 2.37. The molecular formula is C10H22N2. The molecule has 0 aromatic heterocycles. The van der Waals surface area contributed by atoms with Crippen molar-refractivity contribution in [1.82, 2.24) is 5.32 Å². The van der Waals surface area contributed by atoms with Gasteiger partial charge in [-0.15, -0.1) is 0 Å². The van der Waals surface area contributed by atoms with Gasteiger partial charge in [-0.1, -0.05) is 20.8 Å². The number of hydrogen-bond donors (Lipinski definition) is 2. The average Bonchev–Trinajstić information content (AvgIpc) is 1.82. The van der Waals surface area contributed by atoms with Crippen LogP contribution >= 0.6 is 0 Å². The number of rotatable bonds is 2. The Morgan fingerprint density at radius 1 is 1.33 bits per heavy atom. The fourth-order valence-corrected chi connectivity index (χ4v) is 2.36. The summed E-state index contributed by atoms with van der Waals surface area (Å²) in [5, 5.41) is 3.41. The van der Waals surface area contributed by atoms with Gasteiger partial charge in [-0.3, -0.25) is 0 Å². The van der Waals surface area contributed by atoms with Crippen LogP contribution in [0.4, 0.5) is 0 Å².